The van der Waals surface area contributed by atoms with Crippen LogP contribution in [0.1, 0.15) is 26.7 Å². The molecule has 120 valence electrons. The zero-order valence-corrected chi connectivity index (χ0v) is 12.5. The molecule has 5 nitrogen and oxygen atoms in total. The lowest BCUT2D eigenvalue weighted by atomic mass is 9.95. The highest BCUT2D eigenvalue weighted by molar-refractivity contribution is 7.87. The Morgan fingerprint density at radius 2 is 2.00 bits per heavy atom. The molecule has 2 atom stereocenters. The maximum atomic E-state index is 12.1. The molecule has 0 aromatic heterocycles. The molecule has 9 heteroatoms. The van der Waals surface area contributed by atoms with Gasteiger partial charge in [-0.05, 0) is 25.3 Å². The third-order valence-corrected chi connectivity index (χ3v) is 4.84. The summed E-state index contributed by atoms with van der Waals surface area (Å²) in [6.07, 6.45) is -2.95. The molecule has 20 heavy (non-hydrogen) atoms. The summed E-state index contributed by atoms with van der Waals surface area (Å²) in [5, 5.41) is 3.33. The van der Waals surface area contributed by atoms with Crippen LogP contribution in [0.5, 0.6) is 0 Å². The first-order valence-electron chi connectivity index (χ1n) is 6.70. The molecular weight excluding hydrogens is 295 g/mol. The molecule has 2 unspecified atom stereocenters. The van der Waals surface area contributed by atoms with Crippen LogP contribution < -0.4 is 10.0 Å². The Kier molecular flexibility index (Phi) is 6.24. The fourth-order valence-electron chi connectivity index (χ4n) is 2.22. The van der Waals surface area contributed by atoms with Gasteiger partial charge in [0.25, 0.3) is 10.2 Å². The third-order valence-electron chi connectivity index (χ3n) is 3.32. The maximum Gasteiger partial charge on any atom is 0.402 e. The molecule has 0 aromatic rings. The molecule has 0 aliphatic carbocycles. The standard InChI is InChI=1S/C11H22F3N3O2S/c1-3-5-15-10-4-6-17(7-9(10)2)20(18,19)16-8-11(12,13)14/h9-10,15-16H,3-8H2,1-2H3. The molecule has 0 spiro atoms. The van der Waals surface area contributed by atoms with Gasteiger partial charge in [-0.2, -0.15) is 30.6 Å². The van der Waals surface area contributed by atoms with Crippen LogP contribution in [0, 0.1) is 5.92 Å². The normalized spacial score (nSPS) is 25.9. The first kappa shape index (κ1) is 17.7. The molecule has 0 saturated carbocycles. The van der Waals surface area contributed by atoms with E-state index in [9.17, 15) is 21.6 Å². The zero-order valence-electron chi connectivity index (χ0n) is 11.7. The van der Waals surface area contributed by atoms with E-state index in [0.717, 1.165) is 17.3 Å². The van der Waals surface area contributed by atoms with Crippen molar-refractivity contribution in [2.24, 2.45) is 5.92 Å². The summed E-state index contributed by atoms with van der Waals surface area (Å²) in [5.41, 5.74) is 0. The Morgan fingerprint density at radius 3 is 2.50 bits per heavy atom. The summed E-state index contributed by atoms with van der Waals surface area (Å²) in [4.78, 5) is 0. The highest BCUT2D eigenvalue weighted by Gasteiger charge is 2.35. The highest BCUT2D eigenvalue weighted by atomic mass is 32.2. The van der Waals surface area contributed by atoms with E-state index in [2.05, 4.69) is 5.32 Å². The molecule has 1 saturated heterocycles. The van der Waals surface area contributed by atoms with Gasteiger partial charge in [-0.15, -0.1) is 0 Å². The molecule has 1 rings (SSSR count). The van der Waals surface area contributed by atoms with Gasteiger partial charge >= 0.3 is 6.18 Å². The van der Waals surface area contributed by atoms with Crippen LogP contribution in [-0.4, -0.2) is 51.1 Å². The van der Waals surface area contributed by atoms with Crippen LogP contribution in [0.4, 0.5) is 13.2 Å². The molecule has 0 aromatic carbocycles. The number of rotatable bonds is 6. The van der Waals surface area contributed by atoms with Crippen molar-refractivity contribution in [3.8, 4) is 0 Å². The number of nitrogens with one attached hydrogen (secondary N) is 2. The Morgan fingerprint density at radius 1 is 1.35 bits per heavy atom. The molecule has 1 fully saturated rings. The largest absolute Gasteiger partial charge is 0.402 e. The first-order chi connectivity index (χ1) is 9.15. The van der Waals surface area contributed by atoms with Gasteiger partial charge in [-0.1, -0.05) is 13.8 Å². The monoisotopic (exact) mass is 317 g/mol. The van der Waals surface area contributed by atoms with Gasteiger partial charge in [-0.3, -0.25) is 0 Å². The van der Waals surface area contributed by atoms with Gasteiger partial charge in [0.15, 0.2) is 0 Å². The number of hydrogen-bond donors (Lipinski definition) is 2. The van der Waals surface area contributed by atoms with E-state index in [1.165, 1.54) is 0 Å². The van der Waals surface area contributed by atoms with Gasteiger partial charge in [0, 0.05) is 19.1 Å². The first-order valence-corrected chi connectivity index (χ1v) is 8.14. The molecule has 1 aliphatic heterocycles. The second-order valence-corrected chi connectivity index (χ2v) is 6.88. The quantitative estimate of drug-likeness (QED) is 0.771. The molecule has 2 N–H and O–H groups in total. The lowest BCUT2D eigenvalue weighted by Crippen LogP contribution is -2.53. The summed E-state index contributed by atoms with van der Waals surface area (Å²) in [5.74, 6) is 0.0674. The smallest absolute Gasteiger partial charge is 0.314 e. The summed E-state index contributed by atoms with van der Waals surface area (Å²) < 4.78 is 62.5. The van der Waals surface area contributed by atoms with Crippen LogP contribution in [0.15, 0.2) is 0 Å². The predicted molar refractivity (Wildman–Crippen MR) is 70.4 cm³/mol. The average Bonchev–Trinajstić information content (AvgIpc) is 2.34. The summed E-state index contributed by atoms with van der Waals surface area (Å²) in [6.45, 7) is 3.73. The van der Waals surface area contributed by atoms with Crippen molar-refractivity contribution in [1.29, 1.82) is 0 Å². The minimum Gasteiger partial charge on any atom is -0.314 e. The predicted octanol–water partition coefficient (Wildman–Crippen LogP) is 1.09. The minimum absolute atomic E-state index is 0.0674. The summed E-state index contributed by atoms with van der Waals surface area (Å²) in [7, 11) is -4.06. The molecule has 0 amide bonds. The van der Waals surface area contributed by atoms with E-state index in [-0.39, 0.29) is 25.0 Å². The highest BCUT2D eigenvalue weighted by Crippen LogP contribution is 2.20. The van der Waals surface area contributed by atoms with Crippen LogP contribution in [-0.2, 0) is 10.2 Å². The van der Waals surface area contributed by atoms with E-state index in [1.54, 1.807) is 4.72 Å². The number of hydrogen-bond acceptors (Lipinski definition) is 3. The zero-order chi connectivity index (χ0) is 15.4. The van der Waals surface area contributed by atoms with Crippen LogP contribution >= 0.6 is 0 Å². The van der Waals surface area contributed by atoms with Crippen LogP contribution in [0.3, 0.4) is 0 Å². The van der Waals surface area contributed by atoms with Crippen molar-refractivity contribution in [2.45, 2.75) is 38.9 Å². The fraction of sp³-hybridized carbons (Fsp3) is 1.00. The number of piperidine rings is 1. The van der Waals surface area contributed by atoms with E-state index in [4.69, 9.17) is 0 Å². The Hall–Kier alpha value is -0.380. The van der Waals surface area contributed by atoms with Crippen molar-refractivity contribution in [3.63, 3.8) is 0 Å². The Labute approximate surface area is 118 Å². The number of nitrogens with zero attached hydrogens (tertiary/aromatic N) is 1. The van der Waals surface area contributed by atoms with Crippen molar-refractivity contribution in [1.82, 2.24) is 14.3 Å². The topological polar surface area (TPSA) is 61.4 Å². The van der Waals surface area contributed by atoms with E-state index >= 15 is 0 Å². The lowest BCUT2D eigenvalue weighted by molar-refractivity contribution is -0.121. The molecule has 0 radical (unpaired) electrons. The van der Waals surface area contributed by atoms with Crippen molar-refractivity contribution < 1.29 is 21.6 Å². The van der Waals surface area contributed by atoms with Gasteiger partial charge in [0.1, 0.15) is 6.54 Å². The van der Waals surface area contributed by atoms with Gasteiger partial charge in [0.05, 0.1) is 0 Å². The van der Waals surface area contributed by atoms with Gasteiger partial charge < -0.3 is 5.32 Å². The average molecular weight is 317 g/mol. The van der Waals surface area contributed by atoms with E-state index in [0.29, 0.717) is 6.42 Å². The maximum absolute atomic E-state index is 12.1. The molecular formula is C11H22F3N3O2S. The van der Waals surface area contributed by atoms with Crippen LogP contribution in [0.25, 0.3) is 0 Å². The van der Waals surface area contributed by atoms with Crippen LogP contribution in [0.2, 0.25) is 0 Å². The minimum atomic E-state index is -4.54. The second kappa shape index (κ2) is 7.06. The SMILES string of the molecule is CCCNC1CCN(S(=O)(=O)NCC(F)(F)F)CC1C. The van der Waals surface area contributed by atoms with Crippen molar-refractivity contribution >= 4 is 10.2 Å². The Bertz CT molecular complexity index is 400. The lowest BCUT2D eigenvalue weighted by Gasteiger charge is -2.36. The van der Waals surface area contributed by atoms with Crippen molar-refractivity contribution in [2.75, 3.05) is 26.2 Å². The third kappa shape index (κ3) is 5.55. The van der Waals surface area contributed by atoms with Crippen molar-refractivity contribution in [3.05, 3.63) is 0 Å². The number of halogens is 3. The molecule has 1 heterocycles. The Balaban J connectivity index is 2.53. The summed E-state index contributed by atoms with van der Waals surface area (Å²) >= 11 is 0. The fourth-order valence-corrected chi connectivity index (χ4v) is 3.53. The molecule has 0 bridgehead atoms. The molecule has 1 aliphatic rings. The van der Waals surface area contributed by atoms with E-state index < -0.39 is 22.9 Å². The van der Waals surface area contributed by atoms with E-state index in [1.807, 2.05) is 13.8 Å². The second-order valence-electron chi connectivity index (χ2n) is 5.13. The number of alkyl halides is 3. The van der Waals surface area contributed by atoms with Gasteiger partial charge in [0.2, 0.25) is 0 Å². The van der Waals surface area contributed by atoms with Gasteiger partial charge in [-0.25, -0.2) is 0 Å². The summed E-state index contributed by atoms with van der Waals surface area (Å²) in [6, 6.07) is 0.212.